The quantitative estimate of drug-likeness (QED) is 0.848. The van der Waals surface area contributed by atoms with Crippen LogP contribution in [0.15, 0.2) is 24.3 Å². The second kappa shape index (κ2) is 7.11. The number of likely N-dealkylation sites (N-methyl/N-ethyl adjacent to an activating group) is 1. The fourth-order valence-corrected chi connectivity index (χ4v) is 3.00. The number of carbonyl (C=O) groups is 1. The summed E-state index contributed by atoms with van der Waals surface area (Å²) in [5.74, 6) is 0.0924. The van der Waals surface area contributed by atoms with Gasteiger partial charge in [0.1, 0.15) is 6.10 Å². The highest BCUT2D eigenvalue weighted by atomic mass is 16.5. The molecule has 1 aromatic rings. The van der Waals surface area contributed by atoms with Gasteiger partial charge in [-0.1, -0.05) is 12.1 Å². The molecule has 5 nitrogen and oxygen atoms in total. The van der Waals surface area contributed by atoms with Crippen LogP contribution < -0.4 is 4.90 Å². The molecular weight excluding hydrogens is 280 g/mol. The zero-order valence-electron chi connectivity index (χ0n) is 13.2. The molecule has 0 aliphatic carbocycles. The van der Waals surface area contributed by atoms with Crippen LogP contribution in [0, 0.1) is 0 Å². The molecule has 120 valence electrons. The van der Waals surface area contributed by atoms with Gasteiger partial charge in [-0.25, -0.2) is 0 Å². The van der Waals surface area contributed by atoms with Crippen LogP contribution in [0.3, 0.4) is 0 Å². The van der Waals surface area contributed by atoms with Crippen LogP contribution in [0.2, 0.25) is 0 Å². The van der Waals surface area contributed by atoms with Crippen molar-refractivity contribution in [2.45, 2.75) is 25.5 Å². The van der Waals surface area contributed by atoms with Crippen LogP contribution in [0.4, 0.5) is 5.69 Å². The van der Waals surface area contributed by atoms with Gasteiger partial charge in [0.25, 0.3) is 5.91 Å². The summed E-state index contributed by atoms with van der Waals surface area (Å²) < 4.78 is 10.8. The molecule has 0 radical (unpaired) electrons. The number of benzene rings is 1. The van der Waals surface area contributed by atoms with E-state index < -0.39 is 0 Å². The van der Waals surface area contributed by atoms with Crippen LogP contribution in [0.5, 0.6) is 0 Å². The minimum absolute atomic E-state index is 0.0924. The van der Waals surface area contributed by atoms with E-state index in [1.54, 1.807) is 4.90 Å². The van der Waals surface area contributed by atoms with Crippen LogP contribution in [0.1, 0.15) is 18.4 Å². The van der Waals surface area contributed by atoms with Gasteiger partial charge in [0, 0.05) is 39.0 Å². The van der Waals surface area contributed by atoms with Crippen molar-refractivity contribution in [3.8, 4) is 0 Å². The van der Waals surface area contributed by atoms with Gasteiger partial charge < -0.3 is 19.3 Å². The number of rotatable bonds is 4. The lowest BCUT2D eigenvalue weighted by Crippen LogP contribution is -2.36. The highest BCUT2D eigenvalue weighted by Gasteiger charge is 2.26. The Bertz CT molecular complexity index is 491. The maximum atomic E-state index is 12.2. The van der Waals surface area contributed by atoms with Crippen molar-refractivity contribution in [3.63, 3.8) is 0 Å². The molecule has 3 rings (SSSR count). The van der Waals surface area contributed by atoms with Crippen LogP contribution >= 0.6 is 0 Å². The van der Waals surface area contributed by atoms with E-state index in [0.717, 1.165) is 44.7 Å². The molecule has 5 heteroatoms. The Morgan fingerprint density at radius 2 is 1.95 bits per heavy atom. The molecule has 0 aromatic heterocycles. The number of anilines is 1. The minimum Gasteiger partial charge on any atom is -0.378 e. The Kier molecular flexibility index (Phi) is 4.95. The van der Waals surface area contributed by atoms with Crippen LogP contribution in [-0.2, 0) is 20.8 Å². The normalized spacial score (nSPS) is 21.9. The molecule has 2 fully saturated rings. The summed E-state index contributed by atoms with van der Waals surface area (Å²) in [4.78, 5) is 16.3. The summed E-state index contributed by atoms with van der Waals surface area (Å²) >= 11 is 0. The summed E-state index contributed by atoms with van der Waals surface area (Å²) in [6.45, 7) is 4.80. The molecule has 0 N–H and O–H groups in total. The van der Waals surface area contributed by atoms with Gasteiger partial charge in [-0.05, 0) is 30.5 Å². The average Bonchev–Trinajstić information content (AvgIpc) is 3.10. The molecule has 0 bridgehead atoms. The van der Waals surface area contributed by atoms with Crippen molar-refractivity contribution in [1.29, 1.82) is 0 Å². The first-order valence-corrected chi connectivity index (χ1v) is 8.02. The molecule has 2 aliphatic rings. The van der Waals surface area contributed by atoms with E-state index in [0.29, 0.717) is 13.2 Å². The predicted octanol–water partition coefficient (Wildman–Crippen LogP) is 1.66. The van der Waals surface area contributed by atoms with Gasteiger partial charge in [0.15, 0.2) is 0 Å². The van der Waals surface area contributed by atoms with E-state index in [1.165, 1.54) is 5.69 Å². The first-order chi connectivity index (χ1) is 10.7. The third kappa shape index (κ3) is 3.59. The molecule has 1 atom stereocenters. The van der Waals surface area contributed by atoms with E-state index in [1.807, 2.05) is 7.05 Å². The SMILES string of the molecule is CN(Cc1ccc(N2CCOCC2)cc1)C(=O)C1CCCO1. The van der Waals surface area contributed by atoms with Gasteiger partial charge in [-0.15, -0.1) is 0 Å². The van der Waals surface area contributed by atoms with Gasteiger partial charge in [0.05, 0.1) is 13.2 Å². The lowest BCUT2D eigenvalue weighted by atomic mass is 10.1. The molecular formula is C17H24N2O3. The Hall–Kier alpha value is -1.59. The number of amides is 1. The number of hydrogen-bond acceptors (Lipinski definition) is 4. The van der Waals surface area contributed by atoms with Gasteiger partial charge in [-0.3, -0.25) is 4.79 Å². The van der Waals surface area contributed by atoms with E-state index in [-0.39, 0.29) is 12.0 Å². The van der Waals surface area contributed by atoms with Gasteiger partial charge in [-0.2, -0.15) is 0 Å². The Labute approximate surface area is 131 Å². The van der Waals surface area contributed by atoms with E-state index >= 15 is 0 Å². The number of carbonyl (C=O) groups excluding carboxylic acids is 1. The third-order valence-electron chi connectivity index (χ3n) is 4.31. The topological polar surface area (TPSA) is 42.0 Å². The van der Waals surface area contributed by atoms with Gasteiger partial charge >= 0.3 is 0 Å². The first-order valence-electron chi connectivity index (χ1n) is 8.02. The third-order valence-corrected chi connectivity index (χ3v) is 4.31. The zero-order chi connectivity index (χ0) is 15.4. The molecule has 0 spiro atoms. The second-order valence-electron chi connectivity index (χ2n) is 5.96. The Morgan fingerprint density at radius 1 is 1.23 bits per heavy atom. The molecule has 2 heterocycles. The highest BCUT2D eigenvalue weighted by molar-refractivity contribution is 5.80. The molecule has 2 aliphatic heterocycles. The van der Waals surface area contributed by atoms with E-state index in [4.69, 9.17) is 9.47 Å². The summed E-state index contributed by atoms with van der Waals surface area (Å²) in [7, 11) is 1.85. The largest absolute Gasteiger partial charge is 0.378 e. The van der Waals surface area contributed by atoms with Crippen molar-refractivity contribution < 1.29 is 14.3 Å². The number of morpholine rings is 1. The molecule has 0 saturated carbocycles. The summed E-state index contributed by atoms with van der Waals surface area (Å²) in [5, 5.41) is 0. The standard InChI is InChI=1S/C17H24N2O3/c1-18(17(20)16-3-2-10-22-16)13-14-4-6-15(7-5-14)19-8-11-21-12-9-19/h4-7,16H,2-3,8-13H2,1H3. The summed E-state index contributed by atoms with van der Waals surface area (Å²) in [6, 6.07) is 8.46. The van der Waals surface area contributed by atoms with Crippen molar-refractivity contribution in [1.82, 2.24) is 4.90 Å². The van der Waals surface area contributed by atoms with E-state index in [2.05, 4.69) is 29.2 Å². The average molecular weight is 304 g/mol. The van der Waals surface area contributed by atoms with Crippen molar-refractivity contribution in [2.24, 2.45) is 0 Å². The smallest absolute Gasteiger partial charge is 0.251 e. The monoisotopic (exact) mass is 304 g/mol. The summed E-state index contributed by atoms with van der Waals surface area (Å²) in [5.41, 5.74) is 2.37. The number of ether oxygens (including phenoxy) is 2. The van der Waals surface area contributed by atoms with E-state index in [9.17, 15) is 4.79 Å². The number of hydrogen-bond donors (Lipinski definition) is 0. The molecule has 1 amide bonds. The van der Waals surface area contributed by atoms with Crippen molar-refractivity contribution >= 4 is 11.6 Å². The maximum Gasteiger partial charge on any atom is 0.251 e. The second-order valence-corrected chi connectivity index (χ2v) is 5.96. The zero-order valence-corrected chi connectivity index (χ0v) is 13.2. The molecule has 22 heavy (non-hydrogen) atoms. The molecule has 1 unspecified atom stereocenters. The van der Waals surface area contributed by atoms with Crippen LogP contribution in [0.25, 0.3) is 0 Å². The van der Waals surface area contributed by atoms with Crippen LogP contribution in [-0.4, -0.2) is 56.9 Å². The fraction of sp³-hybridized carbons (Fsp3) is 0.588. The Balaban J connectivity index is 1.56. The van der Waals surface area contributed by atoms with Crippen molar-refractivity contribution in [2.75, 3.05) is 44.9 Å². The number of nitrogens with zero attached hydrogens (tertiary/aromatic N) is 2. The lowest BCUT2D eigenvalue weighted by Gasteiger charge is -2.29. The fourth-order valence-electron chi connectivity index (χ4n) is 3.00. The predicted molar refractivity (Wildman–Crippen MR) is 84.9 cm³/mol. The first kappa shape index (κ1) is 15.3. The minimum atomic E-state index is -0.238. The van der Waals surface area contributed by atoms with Gasteiger partial charge in [0.2, 0.25) is 0 Å². The maximum absolute atomic E-state index is 12.2. The Morgan fingerprint density at radius 3 is 2.59 bits per heavy atom. The molecule has 2 saturated heterocycles. The molecule has 1 aromatic carbocycles. The lowest BCUT2D eigenvalue weighted by molar-refractivity contribution is -0.140. The highest BCUT2D eigenvalue weighted by Crippen LogP contribution is 2.19. The summed E-state index contributed by atoms with van der Waals surface area (Å²) in [6.07, 6.45) is 1.59. The van der Waals surface area contributed by atoms with Crippen molar-refractivity contribution in [3.05, 3.63) is 29.8 Å².